The average Bonchev–Trinajstić information content (AvgIpc) is 2.55. The van der Waals surface area contributed by atoms with Crippen LogP contribution in [0.2, 0.25) is 0 Å². The number of ether oxygens (including phenoxy) is 1. The van der Waals surface area contributed by atoms with Gasteiger partial charge in [0.1, 0.15) is 5.75 Å². The van der Waals surface area contributed by atoms with Gasteiger partial charge in [-0.05, 0) is 41.8 Å². The van der Waals surface area contributed by atoms with E-state index in [0.29, 0.717) is 0 Å². The lowest BCUT2D eigenvalue weighted by atomic mass is 10.0. The Labute approximate surface area is 124 Å². The smallest absolute Gasteiger partial charge is 0.118 e. The SMILES string of the molecule is COc1ccc(C#Cc2ccc(N)c3ccccc23)cc1. The Bertz CT molecular complexity index is 839. The van der Waals surface area contributed by atoms with Gasteiger partial charge in [0, 0.05) is 22.2 Å². The van der Waals surface area contributed by atoms with Crippen LogP contribution in [0.1, 0.15) is 11.1 Å². The van der Waals surface area contributed by atoms with Crippen LogP contribution >= 0.6 is 0 Å². The molecule has 0 fully saturated rings. The van der Waals surface area contributed by atoms with Crippen LogP contribution in [-0.4, -0.2) is 7.11 Å². The van der Waals surface area contributed by atoms with E-state index in [2.05, 4.69) is 11.8 Å². The standard InChI is InChI=1S/C19H15NO/c1-21-16-11-7-14(8-12-16)6-9-15-10-13-19(20)18-5-3-2-4-17(15)18/h2-5,7-8,10-13H,20H2,1H3. The molecule has 0 unspecified atom stereocenters. The van der Waals surface area contributed by atoms with Gasteiger partial charge >= 0.3 is 0 Å². The molecule has 2 nitrogen and oxygen atoms in total. The molecule has 3 rings (SSSR count). The number of rotatable bonds is 1. The van der Waals surface area contributed by atoms with Gasteiger partial charge in [0.05, 0.1) is 7.11 Å². The van der Waals surface area contributed by atoms with Gasteiger partial charge in [-0.25, -0.2) is 0 Å². The number of fused-ring (bicyclic) bond motifs is 1. The van der Waals surface area contributed by atoms with Crippen LogP contribution in [0.4, 0.5) is 5.69 Å². The Balaban J connectivity index is 2.02. The van der Waals surface area contributed by atoms with Crippen molar-refractivity contribution < 1.29 is 4.74 Å². The summed E-state index contributed by atoms with van der Waals surface area (Å²) in [7, 11) is 1.65. The fourth-order valence-electron chi connectivity index (χ4n) is 2.25. The molecule has 21 heavy (non-hydrogen) atoms. The van der Waals surface area contributed by atoms with Crippen molar-refractivity contribution in [2.24, 2.45) is 0 Å². The first kappa shape index (κ1) is 13.1. The first-order valence-corrected chi connectivity index (χ1v) is 6.71. The number of nitrogens with two attached hydrogens (primary N) is 1. The molecular weight excluding hydrogens is 258 g/mol. The largest absolute Gasteiger partial charge is 0.497 e. The van der Waals surface area contributed by atoms with Crippen molar-refractivity contribution >= 4 is 16.5 Å². The van der Waals surface area contributed by atoms with Gasteiger partial charge in [0.25, 0.3) is 0 Å². The lowest BCUT2D eigenvalue weighted by Crippen LogP contribution is -1.89. The number of anilines is 1. The zero-order valence-electron chi connectivity index (χ0n) is 11.8. The van der Waals surface area contributed by atoms with E-state index in [1.807, 2.05) is 60.7 Å². The van der Waals surface area contributed by atoms with E-state index in [1.165, 1.54) is 0 Å². The lowest BCUT2D eigenvalue weighted by Gasteiger charge is -2.03. The summed E-state index contributed by atoms with van der Waals surface area (Å²) in [5.74, 6) is 7.23. The Morgan fingerprint density at radius 1 is 0.810 bits per heavy atom. The quantitative estimate of drug-likeness (QED) is 0.540. The van der Waals surface area contributed by atoms with Crippen LogP contribution in [0.25, 0.3) is 10.8 Å². The number of nitrogen functional groups attached to an aromatic ring is 1. The topological polar surface area (TPSA) is 35.2 Å². The number of hydrogen-bond acceptors (Lipinski definition) is 2. The molecule has 0 spiro atoms. The summed E-state index contributed by atoms with van der Waals surface area (Å²) in [6.45, 7) is 0. The highest BCUT2D eigenvalue weighted by Gasteiger charge is 2.01. The molecule has 3 aromatic carbocycles. The fraction of sp³-hybridized carbons (Fsp3) is 0.0526. The summed E-state index contributed by atoms with van der Waals surface area (Å²) in [6, 6.07) is 19.6. The third-order valence-corrected chi connectivity index (χ3v) is 3.39. The van der Waals surface area contributed by atoms with Gasteiger partial charge in [0.15, 0.2) is 0 Å². The second-order valence-electron chi connectivity index (χ2n) is 4.73. The fourth-order valence-corrected chi connectivity index (χ4v) is 2.25. The second kappa shape index (κ2) is 5.60. The van der Waals surface area contributed by atoms with Crippen LogP contribution in [-0.2, 0) is 0 Å². The molecule has 3 aromatic rings. The number of methoxy groups -OCH3 is 1. The molecule has 0 atom stereocenters. The minimum atomic E-state index is 0.778. The summed E-state index contributed by atoms with van der Waals surface area (Å²) < 4.78 is 5.14. The van der Waals surface area contributed by atoms with Crippen LogP contribution < -0.4 is 10.5 Å². The van der Waals surface area contributed by atoms with Crippen LogP contribution in [0.3, 0.4) is 0 Å². The first-order valence-electron chi connectivity index (χ1n) is 6.71. The van der Waals surface area contributed by atoms with Crippen LogP contribution in [0, 0.1) is 11.8 Å². The molecule has 0 aliphatic heterocycles. The number of benzene rings is 3. The molecule has 0 saturated carbocycles. The van der Waals surface area contributed by atoms with Crippen LogP contribution in [0.15, 0.2) is 60.7 Å². The van der Waals surface area contributed by atoms with Crippen molar-refractivity contribution in [3.05, 3.63) is 71.8 Å². The van der Waals surface area contributed by atoms with Crippen molar-refractivity contribution in [3.8, 4) is 17.6 Å². The first-order chi connectivity index (χ1) is 10.3. The third-order valence-electron chi connectivity index (χ3n) is 3.39. The summed E-state index contributed by atoms with van der Waals surface area (Å²) >= 11 is 0. The van der Waals surface area contributed by atoms with Crippen molar-refractivity contribution in [1.82, 2.24) is 0 Å². The van der Waals surface area contributed by atoms with Crippen molar-refractivity contribution in [2.75, 3.05) is 12.8 Å². The monoisotopic (exact) mass is 273 g/mol. The maximum absolute atomic E-state index is 6.00. The zero-order valence-corrected chi connectivity index (χ0v) is 11.8. The Morgan fingerprint density at radius 2 is 1.52 bits per heavy atom. The Kier molecular flexibility index (Phi) is 3.49. The highest BCUT2D eigenvalue weighted by Crippen LogP contribution is 2.23. The molecule has 0 aliphatic rings. The maximum Gasteiger partial charge on any atom is 0.118 e. The van der Waals surface area contributed by atoms with Crippen molar-refractivity contribution in [3.63, 3.8) is 0 Å². The summed E-state index contributed by atoms with van der Waals surface area (Å²) in [6.07, 6.45) is 0. The van der Waals surface area contributed by atoms with Crippen LogP contribution in [0.5, 0.6) is 5.75 Å². The molecule has 0 saturated heterocycles. The Hall–Kier alpha value is -2.92. The molecule has 2 N–H and O–H groups in total. The summed E-state index contributed by atoms with van der Waals surface area (Å²) in [5.41, 5.74) is 8.72. The minimum absolute atomic E-state index is 0.778. The zero-order chi connectivity index (χ0) is 14.7. The van der Waals surface area contributed by atoms with E-state index >= 15 is 0 Å². The molecule has 0 amide bonds. The third kappa shape index (κ3) is 2.68. The van der Waals surface area contributed by atoms with Gasteiger partial charge in [-0.3, -0.25) is 0 Å². The summed E-state index contributed by atoms with van der Waals surface area (Å²) in [4.78, 5) is 0. The molecule has 102 valence electrons. The van der Waals surface area contributed by atoms with Gasteiger partial charge in [-0.2, -0.15) is 0 Å². The van der Waals surface area contributed by atoms with E-state index in [4.69, 9.17) is 10.5 Å². The molecule has 0 radical (unpaired) electrons. The van der Waals surface area contributed by atoms with E-state index in [-0.39, 0.29) is 0 Å². The average molecular weight is 273 g/mol. The van der Waals surface area contributed by atoms with E-state index in [9.17, 15) is 0 Å². The maximum atomic E-state index is 6.00. The highest BCUT2D eigenvalue weighted by atomic mass is 16.5. The molecule has 0 heterocycles. The van der Waals surface area contributed by atoms with E-state index in [0.717, 1.165) is 33.3 Å². The molecular formula is C19H15NO. The molecule has 0 bridgehead atoms. The predicted molar refractivity (Wildman–Crippen MR) is 87.3 cm³/mol. The molecule has 0 aromatic heterocycles. The van der Waals surface area contributed by atoms with Gasteiger partial charge in [-0.1, -0.05) is 36.1 Å². The van der Waals surface area contributed by atoms with E-state index in [1.54, 1.807) is 7.11 Å². The summed E-state index contributed by atoms with van der Waals surface area (Å²) in [5, 5.41) is 2.12. The number of hydrogen-bond donors (Lipinski definition) is 1. The predicted octanol–water partition coefficient (Wildman–Crippen LogP) is 3.83. The highest BCUT2D eigenvalue weighted by molar-refractivity contribution is 5.96. The molecule has 2 heteroatoms. The van der Waals surface area contributed by atoms with Crippen molar-refractivity contribution in [1.29, 1.82) is 0 Å². The molecule has 0 aliphatic carbocycles. The van der Waals surface area contributed by atoms with Gasteiger partial charge in [0.2, 0.25) is 0 Å². The van der Waals surface area contributed by atoms with E-state index < -0.39 is 0 Å². The van der Waals surface area contributed by atoms with Gasteiger partial charge in [-0.15, -0.1) is 0 Å². The van der Waals surface area contributed by atoms with Crippen molar-refractivity contribution in [2.45, 2.75) is 0 Å². The normalized spacial score (nSPS) is 9.95. The second-order valence-corrected chi connectivity index (χ2v) is 4.73. The lowest BCUT2D eigenvalue weighted by molar-refractivity contribution is 0.415. The Morgan fingerprint density at radius 3 is 2.24 bits per heavy atom. The van der Waals surface area contributed by atoms with Gasteiger partial charge < -0.3 is 10.5 Å². The minimum Gasteiger partial charge on any atom is -0.497 e.